The zero-order valence-electron chi connectivity index (χ0n) is 18.4. The number of halogens is 1. The number of nitro benzene ring substituents is 1. The highest BCUT2D eigenvalue weighted by Crippen LogP contribution is 2.35. The number of nitrogens with one attached hydrogen (secondary N) is 2. The summed E-state index contributed by atoms with van der Waals surface area (Å²) < 4.78 is 29.7. The van der Waals surface area contributed by atoms with Gasteiger partial charge in [0.1, 0.15) is 11.5 Å². The molecule has 34 heavy (non-hydrogen) atoms. The number of benzene rings is 2. The summed E-state index contributed by atoms with van der Waals surface area (Å²) in [4.78, 5) is 30.0. The Morgan fingerprint density at radius 2 is 1.74 bits per heavy atom. The summed E-state index contributed by atoms with van der Waals surface area (Å²) in [5.41, 5.74) is 5.73. The van der Waals surface area contributed by atoms with E-state index in [4.69, 9.17) is 19.9 Å². The molecular weight excluding hydrogens is 451 g/mol. The molecule has 0 aliphatic rings. The van der Waals surface area contributed by atoms with E-state index in [1.807, 2.05) is 0 Å². The van der Waals surface area contributed by atoms with Crippen LogP contribution in [0.5, 0.6) is 17.2 Å². The van der Waals surface area contributed by atoms with Crippen molar-refractivity contribution in [3.05, 3.63) is 58.0 Å². The molecule has 4 N–H and O–H groups in total. The molecule has 0 spiro atoms. The molecule has 3 aromatic rings. The van der Waals surface area contributed by atoms with Crippen molar-refractivity contribution in [1.82, 2.24) is 9.97 Å². The molecule has 0 saturated heterocycles. The lowest BCUT2D eigenvalue weighted by Gasteiger charge is -2.16. The Hall–Kier alpha value is -4.68. The van der Waals surface area contributed by atoms with Gasteiger partial charge in [0.2, 0.25) is 17.7 Å². The van der Waals surface area contributed by atoms with E-state index in [9.17, 15) is 19.3 Å². The van der Waals surface area contributed by atoms with Crippen LogP contribution in [0.25, 0.3) is 0 Å². The fourth-order valence-electron chi connectivity index (χ4n) is 3.03. The van der Waals surface area contributed by atoms with Gasteiger partial charge in [-0.25, -0.2) is 4.98 Å². The highest BCUT2D eigenvalue weighted by molar-refractivity contribution is 5.78. The van der Waals surface area contributed by atoms with Crippen LogP contribution >= 0.6 is 0 Å². The average molecular weight is 472 g/mol. The fraction of sp³-hybridized carbons (Fsp3) is 0.190. The largest absolute Gasteiger partial charge is 0.495 e. The van der Waals surface area contributed by atoms with Crippen LogP contribution in [0.3, 0.4) is 0 Å². The Morgan fingerprint density at radius 1 is 1.06 bits per heavy atom. The molecule has 0 aliphatic carbocycles. The number of hydrogen-bond acceptors (Lipinski definition) is 10. The van der Waals surface area contributed by atoms with Gasteiger partial charge in [0.25, 0.3) is 0 Å². The first-order chi connectivity index (χ1) is 16.2. The van der Waals surface area contributed by atoms with Gasteiger partial charge >= 0.3 is 5.69 Å². The summed E-state index contributed by atoms with van der Waals surface area (Å²) in [7, 11) is 4.19. The summed E-state index contributed by atoms with van der Waals surface area (Å²) >= 11 is 0. The molecule has 1 heterocycles. The van der Waals surface area contributed by atoms with Gasteiger partial charge in [0.15, 0.2) is 11.6 Å². The SMILES string of the molecule is COc1cc(F)c([N+](=O)[O-])cc1Nc1ncc(OC)c(Nc2cc(CC(N)=O)ccc2OC)n1. The van der Waals surface area contributed by atoms with E-state index in [-0.39, 0.29) is 35.4 Å². The summed E-state index contributed by atoms with van der Waals surface area (Å²) in [6.45, 7) is 0. The zero-order valence-corrected chi connectivity index (χ0v) is 18.4. The topological polar surface area (TPSA) is 164 Å². The van der Waals surface area contributed by atoms with E-state index in [0.29, 0.717) is 17.0 Å². The summed E-state index contributed by atoms with van der Waals surface area (Å²) in [5.74, 6) is -0.584. The number of ether oxygens (including phenoxy) is 3. The molecule has 2 aromatic carbocycles. The van der Waals surface area contributed by atoms with Crippen LogP contribution in [-0.2, 0) is 11.2 Å². The van der Waals surface area contributed by atoms with Crippen LogP contribution in [-0.4, -0.2) is 42.1 Å². The molecule has 3 rings (SSSR count). The smallest absolute Gasteiger partial charge is 0.307 e. The molecule has 0 radical (unpaired) electrons. The zero-order chi connectivity index (χ0) is 24.8. The van der Waals surface area contributed by atoms with Crippen LogP contribution in [0.4, 0.5) is 33.2 Å². The lowest BCUT2D eigenvalue weighted by atomic mass is 10.1. The molecule has 0 bridgehead atoms. The van der Waals surface area contributed by atoms with Crippen molar-refractivity contribution in [1.29, 1.82) is 0 Å². The molecule has 1 aromatic heterocycles. The van der Waals surface area contributed by atoms with Crippen LogP contribution in [0.2, 0.25) is 0 Å². The van der Waals surface area contributed by atoms with Crippen LogP contribution in [0.1, 0.15) is 5.56 Å². The number of primary amides is 1. The lowest BCUT2D eigenvalue weighted by Crippen LogP contribution is -2.13. The minimum absolute atomic E-state index is 0.00904. The van der Waals surface area contributed by atoms with Crippen molar-refractivity contribution < 1.29 is 28.3 Å². The highest BCUT2D eigenvalue weighted by Gasteiger charge is 2.20. The monoisotopic (exact) mass is 472 g/mol. The third-order valence-electron chi connectivity index (χ3n) is 4.58. The standard InChI is InChI=1S/C21H21FN6O6/c1-32-16-5-4-11(7-19(23)29)6-13(16)25-20-18(34-3)10-24-21(27-20)26-14-9-15(28(30)31)12(22)8-17(14)33-2/h4-6,8-10H,7H2,1-3H3,(H2,23,29)(H2,24,25,26,27). The van der Waals surface area contributed by atoms with E-state index < -0.39 is 22.3 Å². The molecule has 0 unspecified atom stereocenters. The number of hydrogen-bond donors (Lipinski definition) is 3. The Labute approximate surface area is 193 Å². The minimum atomic E-state index is -1.05. The molecule has 0 atom stereocenters. The molecule has 13 heteroatoms. The second-order valence-electron chi connectivity index (χ2n) is 6.80. The average Bonchev–Trinajstić information content (AvgIpc) is 2.79. The molecule has 178 valence electrons. The van der Waals surface area contributed by atoms with Gasteiger partial charge in [0, 0.05) is 12.1 Å². The molecule has 0 saturated carbocycles. The minimum Gasteiger partial charge on any atom is -0.495 e. The number of nitrogens with zero attached hydrogens (tertiary/aromatic N) is 3. The van der Waals surface area contributed by atoms with Gasteiger partial charge in [-0.05, 0) is 17.7 Å². The van der Waals surface area contributed by atoms with Crippen molar-refractivity contribution in [2.45, 2.75) is 6.42 Å². The second kappa shape index (κ2) is 10.3. The van der Waals surface area contributed by atoms with Crippen molar-refractivity contribution in [3.63, 3.8) is 0 Å². The van der Waals surface area contributed by atoms with Gasteiger partial charge in [-0.3, -0.25) is 14.9 Å². The Morgan fingerprint density at radius 3 is 2.35 bits per heavy atom. The van der Waals surface area contributed by atoms with Gasteiger partial charge in [-0.1, -0.05) is 6.07 Å². The Balaban J connectivity index is 1.99. The van der Waals surface area contributed by atoms with Crippen molar-refractivity contribution in [3.8, 4) is 17.2 Å². The van der Waals surface area contributed by atoms with Gasteiger partial charge in [-0.2, -0.15) is 9.37 Å². The van der Waals surface area contributed by atoms with Crippen molar-refractivity contribution in [2.24, 2.45) is 5.73 Å². The van der Waals surface area contributed by atoms with E-state index in [1.165, 1.54) is 27.5 Å². The molecule has 0 aliphatic heterocycles. The Kier molecular flexibility index (Phi) is 7.26. The third-order valence-corrected chi connectivity index (χ3v) is 4.58. The number of anilines is 4. The number of amides is 1. The van der Waals surface area contributed by atoms with Gasteiger partial charge in [0.05, 0.1) is 50.2 Å². The first kappa shape index (κ1) is 24.0. The number of nitro groups is 1. The van der Waals surface area contributed by atoms with Crippen molar-refractivity contribution in [2.75, 3.05) is 32.0 Å². The summed E-state index contributed by atoms with van der Waals surface area (Å²) in [6, 6.07) is 6.90. The van der Waals surface area contributed by atoms with Gasteiger partial charge in [-0.15, -0.1) is 0 Å². The summed E-state index contributed by atoms with van der Waals surface area (Å²) in [5, 5.41) is 17.0. The number of aromatic nitrogens is 2. The predicted octanol–water partition coefficient (Wildman–Crippen LogP) is 3.06. The van der Waals surface area contributed by atoms with Crippen LogP contribution in [0, 0.1) is 15.9 Å². The van der Waals surface area contributed by atoms with E-state index >= 15 is 0 Å². The Bertz CT molecular complexity index is 1240. The first-order valence-electron chi connectivity index (χ1n) is 9.68. The highest BCUT2D eigenvalue weighted by atomic mass is 19.1. The van der Waals surface area contributed by atoms with Crippen LogP contribution in [0.15, 0.2) is 36.5 Å². The molecule has 1 amide bonds. The predicted molar refractivity (Wildman–Crippen MR) is 121 cm³/mol. The quantitative estimate of drug-likeness (QED) is 0.295. The summed E-state index contributed by atoms with van der Waals surface area (Å²) in [6.07, 6.45) is 1.39. The maximum Gasteiger partial charge on any atom is 0.307 e. The molecule has 12 nitrogen and oxygen atoms in total. The number of carbonyl (C=O) groups is 1. The van der Waals surface area contributed by atoms with E-state index in [1.54, 1.807) is 18.2 Å². The number of carbonyl (C=O) groups excluding carboxylic acids is 1. The third kappa shape index (κ3) is 5.38. The van der Waals surface area contributed by atoms with E-state index in [2.05, 4.69) is 20.6 Å². The molecule has 0 fully saturated rings. The van der Waals surface area contributed by atoms with Gasteiger partial charge < -0.3 is 30.6 Å². The van der Waals surface area contributed by atoms with Crippen molar-refractivity contribution >= 4 is 34.7 Å². The normalized spacial score (nSPS) is 10.4. The number of nitrogens with two attached hydrogens (primary N) is 1. The van der Waals surface area contributed by atoms with Crippen LogP contribution < -0.4 is 30.6 Å². The number of methoxy groups -OCH3 is 3. The first-order valence-corrected chi connectivity index (χ1v) is 9.68. The number of rotatable bonds is 10. The fourth-order valence-corrected chi connectivity index (χ4v) is 3.03. The second-order valence-corrected chi connectivity index (χ2v) is 6.80. The molecular formula is C21H21FN6O6. The lowest BCUT2D eigenvalue weighted by molar-refractivity contribution is -0.387. The maximum absolute atomic E-state index is 13.9. The van der Waals surface area contributed by atoms with E-state index in [0.717, 1.165) is 12.1 Å². The maximum atomic E-state index is 13.9.